The molecular weight excluding hydrogens is 322 g/mol. The molecule has 24 heavy (non-hydrogen) atoms. The predicted octanol–water partition coefficient (Wildman–Crippen LogP) is 4.08. The van der Waals surface area contributed by atoms with Crippen molar-refractivity contribution < 1.29 is 4.74 Å². The highest BCUT2D eigenvalue weighted by atomic mass is 35.5. The van der Waals surface area contributed by atoms with Gasteiger partial charge in [0.25, 0.3) is 0 Å². The molecule has 0 saturated heterocycles. The van der Waals surface area contributed by atoms with Crippen molar-refractivity contribution in [3.05, 3.63) is 64.2 Å². The molecule has 0 unspecified atom stereocenters. The zero-order valence-corrected chi connectivity index (χ0v) is 14.5. The average Bonchev–Trinajstić information content (AvgIpc) is 2.55. The molecule has 4 nitrogen and oxygen atoms in total. The smallest absolute Gasteiger partial charge is 0.124 e. The Balaban J connectivity index is 1.79. The average molecular weight is 342 g/mol. The first-order valence-electron chi connectivity index (χ1n) is 7.78. The van der Waals surface area contributed by atoms with Crippen molar-refractivity contribution in [1.82, 2.24) is 10.3 Å². The van der Waals surface area contributed by atoms with Crippen LogP contribution in [0, 0.1) is 6.92 Å². The molecule has 3 aromatic rings. The number of pyridine rings is 1. The number of aryl methyl sites for hydroxylation is 1. The molecule has 0 fully saturated rings. The van der Waals surface area contributed by atoms with Crippen LogP contribution in [0.1, 0.15) is 16.7 Å². The van der Waals surface area contributed by atoms with Crippen LogP contribution in [0.3, 0.4) is 0 Å². The summed E-state index contributed by atoms with van der Waals surface area (Å²) >= 11 is 6.17. The van der Waals surface area contributed by atoms with Gasteiger partial charge < -0.3 is 15.8 Å². The normalized spacial score (nSPS) is 11.0. The van der Waals surface area contributed by atoms with Gasteiger partial charge in [-0.2, -0.15) is 0 Å². The van der Waals surface area contributed by atoms with E-state index in [1.807, 2.05) is 44.3 Å². The molecule has 1 aromatic heterocycles. The van der Waals surface area contributed by atoms with Crippen LogP contribution in [-0.4, -0.2) is 12.0 Å². The lowest BCUT2D eigenvalue weighted by molar-refractivity contribution is 0.306. The Morgan fingerprint density at radius 2 is 2.00 bits per heavy atom. The standard InChI is InChI=1S/C19H20ClN3O/c1-12-7-19(21)23-18-8-13(3-5-16(12)18)11-24-15-4-6-17(20)14(9-15)10-22-2/h3-9,22H,10-11H2,1-2H3,(H2,21,23). The largest absolute Gasteiger partial charge is 0.489 e. The van der Waals surface area contributed by atoms with Gasteiger partial charge in [0.05, 0.1) is 5.52 Å². The molecule has 2 aromatic carbocycles. The van der Waals surface area contributed by atoms with E-state index >= 15 is 0 Å². The molecule has 0 radical (unpaired) electrons. The van der Waals surface area contributed by atoms with Gasteiger partial charge in [0.2, 0.25) is 0 Å². The highest BCUT2D eigenvalue weighted by Crippen LogP contribution is 2.24. The second-order valence-electron chi connectivity index (χ2n) is 5.79. The van der Waals surface area contributed by atoms with E-state index in [9.17, 15) is 0 Å². The van der Waals surface area contributed by atoms with Crippen LogP contribution >= 0.6 is 11.6 Å². The fourth-order valence-corrected chi connectivity index (χ4v) is 2.88. The predicted molar refractivity (Wildman–Crippen MR) is 99.4 cm³/mol. The number of aromatic nitrogens is 1. The van der Waals surface area contributed by atoms with Gasteiger partial charge in [-0.25, -0.2) is 4.98 Å². The molecule has 0 aliphatic rings. The molecule has 124 valence electrons. The number of halogens is 1. The summed E-state index contributed by atoms with van der Waals surface area (Å²) in [4.78, 5) is 4.40. The number of nitrogens with one attached hydrogen (secondary N) is 1. The lowest BCUT2D eigenvalue weighted by atomic mass is 10.1. The van der Waals surface area contributed by atoms with Crippen LogP contribution in [-0.2, 0) is 13.2 Å². The minimum atomic E-state index is 0.464. The molecule has 0 atom stereocenters. The maximum atomic E-state index is 6.17. The maximum absolute atomic E-state index is 6.17. The lowest BCUT2D eigenvalue weighted by Gasteiger charge is -2.11. The van der Waals surface area contributed by atoms with E-state index in [0.29, 0.717) is 19.0 Å². The van der Waals surface area contributed by atoms with E-state index in [1.165, 1.54) is 0 Å². The Labute approximate surface area is 146 Å². The second kappa shape index (κ2) is 7.07. The molecule has 0 saturated carbocycles. The Kier molecular flexibility index (Phi) is 4.88. The first kappa shape index (κ1) is 16.6. The molecule has 0 aliphatic heterocycles. The summed E-state index contributed by atoms with van der Waals surface area (Å²) in [6, 6.07) is 13.7. The van der Waals surface area contributed by atoms with Crippen LogP contribution in [0.5, 0.6) is 5.75 Å². The van der Waals surface area contributed by atoms with Crippen molar-refractivity contribution in [3.8, 4) is 5.75 Å². The first-order chi connectivity index (χ1) is 11.6. The number of fused-ring (bicyclic) bond motifs is 1. The summed E-state index contributed by atoms with van der Waals surface area (Å²) in [6.07, 6.45) is 0. The Hall–Kier alpha value is -2.30. The first-order valence-corrected chi connectivity index (χ1v) is 8.16. The highest BCUT2D eigenvalue weighted by Gasteiger charge is 2.05. The molecule has 0 bridgehead atoms. The van der Waals surface area contributed by atoms with Gasteiger partial charge in [0.15, 0.2) is 0 Å². The number of nitrogens with zero attached hydrogens (tertiary/aromatic N) is 1. The summed E-state index contributed by atoms with van der Waals surface area (Å²) in [5.74, 6) is 1.33. The highest BCUT2D eigenvalue weighted by molar-refractivity contribution is 6.31. The quantitative estimate of drug-likeness (QED) is 0.734. The molecule has 0 spiro atoms. The van der Waals surface area contributed by atoms with Crippen molar-refractivity contribution in [2.24, 2.45) is 0 Å². The van der Waals surface area contributed by atoms with Gasteiger partial charge in [0.1, 0.15) is 18.2 Å². The second-order valence-corrected chi connectivity index (χ2v) is 6.19. The van der Waals surface area contributed by atoms with E-state index < -0.39 is 0 Å². The van der Waals surface area contributed by atoms with Crippen LogP contribution in [0.2, 0.25) is 5.02 Å². The zero-order chi connectivity index (χ0) is 17.1. The van der Waals surface area contributed by atoms with Crippen molar-refractivity contribution >= 4 is 28.3 Å². The summed E-state index contributed by atoms with van der Waals surface area (Å²) in [5, 5.41) is 4.94. The van der Waals surface area contributed by atoms with Gasteiger partial charge in [-0.3, -0.25) is 0 Å². The van der Waals surface area contributed by atoms with Gasteiger partial charge in [-0.15, -0.1) is 0 Å². The number of ether oxygens (including phenoxy) is 1. The third-order valence-corrected chi connectivity index (χ3v) is 4.26. The molecule has 0 amide bonds. The van der Waals surface area contributed by atoms with Crippen molar-refractivity contribution in [2.75, 3.05) is 12.8 Å². The third kappa shape index (κ3) is 3.61. The van der Waals surface area contributed by atoms with Gasteiger partial charge in [-0.05, 0) is 61.0 Å². The fourth-order valence-electron chi connectivity index (χ4n) is 2.70. The van der Waals surface area contributed by atoms with E-state index in [-0.39, 0.29) is 0 Å². The number of hydrogen-bond acceptors (Lipinski definition) is 4. The monoisotopic (exact) mass is 341 g/mol. The number of anilines is 1. The van der Waals surface area contributed by atoms with Crippen LogP contribution in [0.15, 0.2) is 42.5 Å². The topological polar surface area (TPSA) is 60.2 Å². The lowest BCUT2D eigenvalue weighted by Crippen LogP contribution is -2.06. The summed E-state index contributed by atoms with van der Waals surface area (Å²) in [5.41, 5.74) is 9.91. The Morgan fingerprint density at radius 3 is 2.79 bits per heavy atom. The van der Waals surface area contributed by atoms with E-state index in [2.05, 4.69) is 22.4 Å². The molecule has 1 heterocycles. The molecular formula is C19H20ClN3O. The number of nitrogen functional groups attached to an aromatic ring is 1. The maximum Gasteiger partial charge on any atom is 0.124 e. The summed E-state index contributed by atoms with van der Waals surface area (Å²) in [6.45, 7) is 3.20. The van der Waals surface area contributed by atoms with Crippen molar-refractivity contribution in [1.29, 1.82) is 0 Å². The number of rotatable bonds is 5. The fraction of sp³-hybridized carbons (Fsp3) is 0.211. The molecule has 3 N–H and O–H groups in total. The molecule has 3 rings (SSSR count). The number of benzene rings is 2. The number of hydrogen-bond donors (Lipinski definition) is 2. The summed E-state index contributed by atoms with van der Waals surface area (Å²) < 4.78 is 5.90. The Morgan fingerprint density at radius 1 is 1.17 bits per heavy atom. The van der Waals surface area contributed by atoms with Gasteiger partial charge in [0, 0.05) is 17.0 Å². The zero-order valence-electron chi connectivity index (χ0n) is 13.8. The molecule has 5 heteroatoms. The van der Waals surface area contributed by atoms with Gasteiger partial charge in [-0.1, -0.05) is 23.7 Å². The number of nitrogens with two attached hydrogens (primary N) is 1. The minimum Gasteiger partial charge on any atom is -0.489 e. The van der Waals surface area contributed by atoms with Crippen LogP contribution in [0.25, 0.3) is 10.9 Å². The summed E-state index contributed by atoms with van der Waals surface area (Å²) in [7, 11) is 1.89. The van der Waals surface area contributed by atoms with E-state index in [4.69, 9.17) is 22.1 Å². The van der Waals surface area contributed by atoms with Gasteiger partial charge >= 0.3 is 0 Å². The van der Waals surface area contributed by atoms with Crippen LogP contribution in [0.4, 0.5) is 5.82 Å². The van der Waals surface area contributed by atoms with E-state index in [0.717, 1.165) is 38.4 Å². The third-order valence-electron chi connectivity index (χ3n) is 3.89. The van der Waals surface area contributed by atoms with Crippen molar-refractivity contribution in [3.63, 3.8) is 0 Å². The molecule has 0 aliphatic carbocycles. The SMILES string of the molecule is CNCc1cc(OCc2ccc3c(C)cc(N)nc3c2)ccc1Cl. The van der Waals surface area contributed by atoms with Crippen molar-refractivity contribution in [2.45, 2.75) is 20.1 Å². The Bertz CT molecular complexity index is 880. The minimum absolute atomic E-state index is 0.464. The van der Waals surface area contributed by atoms with E-state index in [1.54, 1.807) is 0 Å². The van der Waals surface area contributed by atoms with Crippen LogP contribution < -0.4 is 15.8 Å².